The van der Waals surface area contributed by atoms with Crippen LogP contribution < -0.4 is 15.8 Å². The second kappa shape index (κ2) is 8.22. The number of aromatic amines is 1. The van der Waals surface area contributed by atoms with Gasteiger partial charge >= 0.3 is 6.03 Å². The summed E-state index contributed by atoms with van der Waals surface area (Å²) in [5, 5.41) is 5.32. The third-order valence-corrected chi connectivity index (χ3v) is 8.07. The largest absolute Gasteiger partial charge is 0.327 e. The monoisotopic (exact) mass is 470 g/mol. The molecule has 3 aromatic rings. The molecule has 0 saturated heterocycles. The second-order valence-corrected chi connectivity index (χ2v) is 10.2. The molecule has 0 atom stereocenters. The van der Waals surface area contributed by atoms with Crippen molar-refractivity contribution in [2.24, 2.45) is 0 Å². The Kier molecular flexibility index (Phi) is 6.04. The predicted molar refractivity (Wildman–Crippen MR) is 117 cm³/mol. The van der Waals surface area contributed by atoms with Crippen LogP contribution in [0.5, 0.6) is 0 Å². The van der Waals surface area contributed by atoms with Crippen molar-refractivity contribution in [2.45, 2.75) is 11.1 Å². The number of hydrogen-bond acceptors (Lipinski definition) is 6. The highest BCUT2D eigenvalue weighted by Crippen LogP contribution is 2.34. The number of benzene rings is 1. The maximum absolute atomic E-state index is 12.6. The highest BCUT2D eigenvalue weighted by atomic mass is 35.5. The van der Waals surface area contributed by atoms with Crippen LogP contribution in [0, 0.1) is 6.92 Å². The van der Waals surface area contributed by atoms with Crippen LogP contribution in [0.3, 0.4) is 0 Å². The Morgan fingerprint density at radius 3 is 2.40 bits per heavy atom. The van der Waals surface area contributed by atoms with Gasteiger partial charge < -0.3 is 5.32 Å². The number of thiazole rings is 1. The van der Waals surface area contributed by atoms with E-state index in [-0.39, 0.29) is 20.1 Å². The fourth-order valence-electron chi connectivity index (χ4n) is 2.49. The molecule has 2 heterocycles. The molecule has 10 nitrogen and oxygen atoms in total. The Bertz CT molecular complexity index is 1240. The van der Waals surface area contributed by atoms with Crippen LogP contribution in [0.1, 0.15) is 5.69 Å². The maximum Gasteiger partial charge on any atom is 0.327 e. The third kappa shape index (κ3) is 4.26. The lowest BCUT2D eigenvalue weighted by Crippen LogP contribution is -2.31. The molecule has 0 aliphatic heterocycles. The minimum absolute atomic E-state index is 0.134. The van der Waals surface area contributed by atoms with Crippen molar-refractivity contribution in [2.75, 3.05) is 31.4 Å². The van der Waals surface area contributed by atoms with Gasteiger partial charge in [0.25, 0.3) is 15.6 Å². The zero-order chi connectivity index (χ0) is 22.2. The zero-order valence-electron chi connectivity index (χ0n) is 16.5. The molecule has 160 valence electrons. The minimum atomic E-state index is -3.77. The average molecular weight is 471 g/mol. The summed E-state index contributed by atoms with van der Waals surface area (Å²) in [5.41, 5.74) is 1.78. The second-order valence-electron chi connectivity index (χ2n) is 6.50. The molecule has 3 rings (SSSR count). The lowest BCUT2D eigenvalue weighted by atomic mass is 10.3. The number of carbonyl (C=O) groups is 1. The number of H-pyrrole nitrogens is 1. The van der Waals surface area contributed by atoms with Gasteiger partial charge in [0.1, 0.15) is 0 Å². The molecule has 30 heavy (non-hydrogen) atoms. The molecule has 2 aromatic heterocycles. The fourth-order valence-corrected chi connectivity index (χ4v) is 5.36. The quantitative estimate of drug-likeness (QED) is 0.593. The van der Waals surface area contributed by atoms with Gasteiger partial charge in [0.15, 0.2) is 14.5 Å². The number of nitrogens with zero attached hydrogens (tertiary/aromatic N) is 4. The molecule has 2 amide bonds. The van der Waals surface area contributed by atoms with Crippen molar-refractivity contribution in [1.82, 2.24) is 19.1 Å². The van der Waals surface area contributed by atoms with Crippen molar-refractivity contribution < 1.29 is 13.2 Å². The Hall–Kier alpha value is -2.67. The van der Waals surface area contributed by atoms with Crippen molar-refractivity contribution in [3.05, 3.63) is 51.5 Å². The van der Waals surface area contributed by atoms with Gasteiger partial charge in [-0.3, -0.25) is 19.5 Å². The van der Waals surface area contributed by atoms with Crippen LogP contribution >= 0.6 is 22.9 Å². The molecule has 1 aromatic carbocycles. The smallest absolute Gasteiger partial charge is 0.307 e. The Balaban J connectivity index is 1.76. The van der Waals surface area contributed by atoms with E-state index in [0.717, 1.165) is 27.0 Å². The lowest BCUT2D eigenvalue weighted by molar-refractivity contribution is 0.258. The highest BCUT2D eigenvalue weighted by molar-refractivity contribution is 7.91. The topological polar surface area (TPSA) is 120 Å². The number of nitrogens with one attached hydrogen (secondary N) is 2. The SMILES string of the molecule is Cc1cc(=O)[nH]n1-c1ccc(NC(=O)N(C)c2nc(Cl)c(S(=O)(=O)N(C)C)s2)cc1. The van der Waals surface area contributed by atoms with Crippen molar-refractivity contribution >= 4 is 49.8 Å². The van der Waals surface area contributed by atoms with Gasteiger partial charge in [-0.15, -0.1) is 0 Å². The van der Waals surface area contributed by atoms with E-state index in [1.807, 2.05) is 0 Å². The first kappa shape index (κ1) is 22.0. The fraction of sp³-hybridized carbons (Fsp3) is 0.235. The first-order chi connectivity index (χ1) is 14.0. The minimum Gasteiger partial charge on any atom is -0.307 e. The van der Waals surface area contributed by atoms with Crippen LogP contribution in [0.25, 0.3) is 5.69 Å². The van der Waals surface area contributed by atoms with Crippen molar-refractivity contribution in [3.8, 4) is 5.69 Å². The van der Waals surface area contributed by atoms with E-state index < -0.39 is 16.1 Å². The van der Waals surface area contributed by atoms with E-state index in [1.54, 1.807) is 35.9 Å². The first-order valence-electron chi connectivity index (χ1n) is 8.53. The number of carbonyl (C=O) groups excluding carboxylic acids is 1. The van der Waals surface area contributed by atoms with E-state index in [1.165, 1.54) is 32.1 Å². The van der Waals surface area contributed by atoms with Gasteiger partial charge in [0, 0.05) is 38.6 Å². The molecule has 0 saturated carbocycles. The number of aryl methyl sites for hydroxylation is 1. The zero-order valence-corrected chi connectivity index (χ0v) is 18.9. The molecular weight excluding hydrogens is 452 g/mol. The number of amides is 2. The van der Waals surface area contributed by atoms with Crippen LogP contribution in [0.2, 0.25) is 5.15 Å². The number of anilines is 2. The highest BCUT2D eigenvalue weighted by Gasteiger charge is 2.27. The van der Waals surface area contributed by atoms with Crippen LogP contribution in [-0.2, 0) is 10.0 Å². The van der Waals surface area contributed by atoms with Crippen molar-refractivity contribution in [1.29, 1.82) is 0 Å². The van der Waals surface area contributed by atoms with Gasteiger partial charge in [-0.1, -0.05) is 22.9 Å². The number of sulfonamides is 1. The standard InChI is InChI=1S/C17H19ClN6O4S2/c1-10-9-13(25)21-24(10)12-7-5-11(6-8-12)19-16(26)23(4)17-20-14(18)15(29-17)30(27,28)22(2)3/h5-9H,1-4H3,(H,19,26)(H,21,25). The molecular formula is C17H19ClN6O4S2. The molecule has 0 spiro atoms. The average Bonchev–Trinajstić information content (AvgIpc) is 3.23. The summed E-state index contributed by atoms with van der Waals surface area (Å²) in [7, 11) is 0.461. The first-order valence-corrected chi connectivity index (χ1v) is 11.2. The number of rotatable bonds is 5. The molecule has 0 aliphatic carbocycles. The van der Waals surface area contributed by atoms with E-state index in [4.69, 9.17) is 11.6 Å². The Morgan fingerprint density at radius 2 is 1.87 bits per heavy atom. The number of urea groups is 1. The summed E-state index contributed by atoms with van der Waals surface area (Å²) < 4.78 is 27.1. The number of hydrogen-bond donors (Lipinski definition) is 2. The normalized spacial score (nSPS) is 11.7. The predicted octanol–water partition coefficient (Wildman–Crippen LogP) is 2.50. The molecule has 0 bridgehead atoms. The third-order valence-electron chi connectivity index (χ3n) is 4.14. The molecule has 13 heteroatoms. The van der Waals surface area contributed by atoms with Crippen LogP contribution in [0.15, 0.2) is 39.3 Å². The summed E-state index contributed by atoms with van der Waals surface area (Å²) in [5.74, 6) is 0. The van der Waals surface area contributed by atoms with Gasteiger partial charge in [-0.25, -0.2) is 22.5 Å². The number of halogens is 1. The van der Waals surface area contributed by atoms with E-state index >= 15 is 0 Å². The number of aromatic nitrogens is 3. The van der Waals surface area contributed by atoms with Gasteiger partial charge in [0.05, 0.1) is 5.69 Å². The summed E-state index contributed by atoms with van der Waals surface area (Å²) in [6.45, 7) is 1.80. The van der Waals surface area contributed by atoms with E-state index in [9.17, 15) is 18.0 Å². The van der Waals surface area contributed by atoms with Gasteiger partial charge in [-0.2, -0.15) is 0 Å². The van der Waals surface area contributed by atoms with Gasteiger partial charge in [-0.05, 0) is 31.2 Å². The van der Waals surface area contributed by atoms with Crippen molar-refractivity contribution in [3.63, 3.8) is 0 Å². The van der Waals surface area contributed by atoms with E-state index in [0.29, 0.717) is 5.69 Å². The van der Waals surface area contributed by atoms with E-state index in [2.05, 4.69) is 15.4 Å². The maximum atomic E-state index is 12.6. The summed E-state index contributed by atoms with van der Waals surface area (Å²) in [6, 6.07) is 7.79. The molecule has 2 N–H and O–H groups in total. The molecule has 0 aliphatic rings. The molecule has 0 radical (unpaired) electrons. The Labute approximate surface area is 181 Å². The van der Waals surface area contributed by atoms with Crippen LogP contribution in [0.4, 0.5) is 15.6 Å². The Morgan fingerprint density at radius 1 is 1.23 bits per heavy atom. The summed E-state index contributed by atoms with van der Waals surface area (Å²) >= 11 is 6.78. The summed E-state index contributed by atoms with van der Waals surface area (Å²) in [4.78, 5) is 29.2. The molecule has 0 unspecified atom stereocenters. The molecule has 0 fully saturated rings. The van der Waals surface area contributed by atoms with Gasteiger partial charge in [0.2, 0.25) is 0 Å². The summed E-state index contributed by atoms with van der Waals surface area (Å²) in [6.07, 6.45) is 0. The van der Waals surface area contributed by atoms with Crippen LogP contribution in [-0.4, -0.2) is 54.7 Å². The lowest BCUT2D eigenvalue weighted by Gasteiger charge is -2.15.